The Morgan fingerprint density at radius 1 is 0.816 bits per heavy atom. The van der Waals surface area contributed by atoms with Crippen molar-refractivity contribution in [3.8, 4) is 0 Å². The molecule has 216 valence electrons. The summed E-state index contributed by atoms with van der Waals surface area (Å²) in [5.74, 6) is 2.30. The highest BCUT2D eigenvalue weighted by Gasteiger charge is 2.73. The molecule has 0 aromatic carbocycles. The highest BCUT2D eigenvalue weighted by atomic mass is 16.7. The summed E-state index contributed by atoms with van der Waals surface area (Å²) in [5.41, 5.74) is 0.125. The van der Waals surface area contributed by atoms with E-state index in [0.717, 1.165) is 38.5 Å². The zero-order valence-corrected chi connectivity index (χ0v) is 25.7. The predicted octanol–water partition coefficient (Wildman–Crippen LogP) is 7.91. The number of aliphatic hydroxyl groups is 1. The van der Waals surface area contributed by atoms with Gasteiger partial charge < -0.3 is 14.6 Å². The van der Waals surface area contributed by atoms with E-state index in [1.54, 1.807) is 0 Å². The van der Waals surface area contributed by atoms with E-state index in [4.69, 9.17) is 9.47 Å². The SMILES string of the molecule is CC(C)[C@@H]1CC[C@@H](C)C[C@]12OC(=O)C[C@]1(CC[C@@H]3[C@@]4(C)CC[C@@H]5C(C)(C)[C@H](O)CC[C@@]5(C)[C@@H]4CC[C@]31C)O2. The molecule has 2 spiro atoms. The maximum Gasteiger partial charge on any atom is 0.311 e. The third-order valence-electron chi connectivity index (χ3n) is 14.5. The Bertz CT molecular complexity index is 974. The van der Waals surface area contributed by atoms with Crippen LogP contribution in [0.3, 0.4) is 0 Å². The molecule has 0 aromatic heterocycles. The van der Waals surface area contributed by atoms with Crippen LogP contribution in [0.25, 0.3) is 0 Å². The van der Waals surface area contributed by atoms with Crippen LogP contribution in [0.5, 0.6) is 0 Å². The van der Waals surface area contributed by atoms with Crippen LogP contribution in [0.4, 0.5) is 0 Å². The second-order valence-electron chi connectivity index (χ2n) is 16.9. The van der Waals surface area contributed by atoms with E-state index < -0.39 is 11.4 Å². The van der Waals surface area contributed by atoms with Crippen LogP contribution in [0.15, 0.2) is 0 Å². The maximum absolute atomic E-state index is 13.6. The molecule has 0 aromatic rings. The van der Waals surface area contributed by atoms with Crippen LogP contribution in [-0.2, 0) is 14.3 Å². The average Bonchev–Trinajstić information content (AvgIpc) is 3.07. The summed E-state index contributed by atoms with van der Waals surface area (Å²) in [5, 5.41) is 11.0. The van der Waals surface area contributed by atoms with E-state index in [1.165, 1.54) is 32.1 Å². The molecule has 1 heterocycles. The zero-order valence-electron chi connectivity index (χ0n) is 25.7. The Kier molecular flexibility index (Phi) is 6.14. The summed E-state index contributed by atoms with van der Waals surface area (Å²) in [6.45, 7) is 19.3. The molecular weight excluding hydrogens is 472 g/mol. The van der Waals surface area contributed by atoms with Gasteiger partial charge in [-0.25, -0.2) is 0 Å². The molecule has 11 atom stereocenters. The quantitative estimate of drug-likeness (QED) is 0.351. The van der Waals surface area contributed by atoms with Crippen molar-refractivity contribution in [2.75, 3.05) is 0 Å². The molecule has 0 bridgehead atoms. The van der Waals surface area contributed by atoms with Gasteiger partial charge in [-0.15, -0.1) is 0 Å². The van der Waals surface area contributed by atoms with Crippen molar-refractivity contribution in [2.24, 2.45) is 57.2 Å². The number of hydrogen-bond donors (Lipinski definition) is 1. The lowest BCUT2D eigenvalue weighted by molar-refractivity contribution is -0.365. The van der Waals surface area contributed by atoms with E-state index in [-0.39, 0.29) is 39.7 Å². The van der Waals surface area contributed by atoms with Gasteiger partial charge in [-0.05, 0) is 110 Å². The Morgan fingerprint density at radius 2 is 1.45 bits per heavy atom. The van der Waals surface area contributed by atoms with E-state index in [1.807, 2.05) is 0 Å². The highest BCUT2D eigenvalue weighted by molar-refractivity contribution is 5.72. The molecular formula is C34H56O4. The molecule has 0 radical (unpaired) electrons. The van der Waals surface area contributed by atoms with Crippen LogP contribution in [-0.4, -0.2) is 28.6 Å². The van der Waals surface area contributed by atoms with Gasteiger partial charge in [-0.1, -0.05) is 55.4 Å². The number of carbonyl (C=O) groups excluding carboxylic acids is 1. The van der Waals surface area contributed by atoms with Gasteiger partial charge in [0.15, 0.2) is 0 Å². The number of carbonyl (C=O) groups is 1. The first-order valence-electron chi connectivity index (χ1n) is 16.2. The number of hydrogen-bond acceptors (Lipinski definition) is 4. The first-order valence-corrected chi connectivity index (χ1v) is 16.2. The van der Waals surface area contributed by atoms with Crippen molar-refractivity contribution >= 4 is 5.97 Å². The number of fused-ring (bicyclic) bond motifs is 6. The minimum Gasteiger partial charge on any atom is -0.433 e. The number of esters is 1. The predicted molar refractivity (Wildman–Crippen MR) is 150 cm³/mol. The van der Waals surface area contributed by atoms with Crippen LogP contribution in [0.2, 0.25) is 0 Å². The fourth-order valence-corrected chi connectivity index (χ4v) is 12.7. The molecule has 6 aliphatic rings. The largest absolute Gasteiger partial charge is 0.433 e. The molecule has 1 aliphatic heterocycles. The van der Waals surface area contributed by atoms with E-state index in [9.17, 15) is 9.90 Å². The topological polar surface area (TPSA) is 55.8 Å². The van der Waals surface area contributed by atoms with E-state index in [0.29, 0.717) is 36.0 Å². The Labute approximate surface area is 232 Å². The van der Waals surface area contributed by atoms with Crippen LogP contribution >= 0.6 is 0 Å². The van der Waals surface area contributed by atoms with Crippen LogP contribution < -0.4 is 0 Å². The summed E-state index contributed by atoms with van der Waals surface area (Å²) in [6, 6.07) is 0. The van der Waals surface area contributed by atoms with Gasteiger partial charge in [0, 0.05) is 17.8 Å². The summed E-state index contributed by atoms with van der Waals surface area (Å²) in [4.78, 5) is 13.6. The van der Waals surface area contributed by atoms with Gasteiger partial charge in [0.1, 0.15) is 0 Å². The molecule has 4 nitrogen and oxygen atoms in total. The molecule has 38 heavy (non-hydrogen) atoms. The van der Waals surface area contributed by atoms with Gasteiger partial charge in [-0.3, -0.25) is 4.79 Å². The summed E-state index contributed by atoms with van der Waals surface area (Å²) < 4.78 is 13.8. The molecule has 1 N–H and O–H groups in total. The minimum atomic E-state index is -0.746. The Balaban J connectivity index is 1.36. The maximum atomic E-state index is 13.6. The Morgan fingerprint density at radius 3 is 2.16 bits per heavy atom. The lowest BCUT2D eigenvalue weighted by Crippen LogP contribution is -2.67. The first kappa shape index (κ1) is 27.6. The molecule has 4 heteroatoms. The van der Waals surface area contributed by atoms with Crippen molar-refractivity contribution in [3.63, 3.8) is 0 Å². The molecule has 0 unspecified atom stereocenters. The third kappa shape index (κ3) is 3.43. The fourth-order valence-electron chi connectivity index (χ4n) is 12.7. The van der Waals surface area contributed by atoms with Gasteiger partial charge >= 0.3 is 5.97 Å². The third-order valence-corrected chi connectivity index (χ3v) is 14.5. The van der Waals surface area contributed by atoms with Crippen molar-refractivity contribution < 1.29 is 19.4 Å². The fraction of sp³-hybridized carbons (Fsp3) is 0.971. The second kappa shape index (κ2) is 8.46. The van der Waals surface area contributed by atoms with E-state index >= 15 is 0 Å². The van der Waals surface area contributed by atoms with Crippen LogP contribution in [0.1, 0.15) is 132 Å². The van der Waals surface area contributed by atoms with Crippen molar-refractivity contribution in [1.29, 1.82) is 0 Å². The van der Waals surface area contributed by atoms with Crippen molar-refractivity contribution in [2.45, 2.75) is 150 Å². The highest BCUT2D eigenvalue weighted by Crippen LogP contribution is 2.76. The zero-order chi connectivity index (χ0) is 27.5. The van der Waals surface area contributed by atoms with Crippen molar-refractivity contribution in [1.82, 2.24) is 0 Å². The molecule has 0 amide bonds. The molecule has 5 aliphatic carbocycles. The van der Waals surface area contributed by atoms with Gasteiger partial charge in [0.25, 0.3) is 0 Å². The summed E-state index contributed by atoms with van der Waals surface area (Å²) >= 11 is 0. The standard InChI is InChI=1S/C34H56O4/c1-21(2)23-10-9-22(3)19-34(23)37-28(36)20-33(38-34)18-13-26-31(7)15-11-24-29(4,5)27(35)14-16-30(24,6)25(31)12-17-32(26,33)8/h21-27,35H,9-20H2,1-8H3/t22-,23+,24-,25+,26-,27-,30-,31+,32-,33+,34-/m1/s1. The number of ether oxygens (including phenoxy) is 2. The monoisotopic (exact) mass is 528 g/mol. The molecule has 5 saturated carbocycles. The molecule has 1 saturated heterocycles. The summed E-state index contributed by atoms with van der Waals surface area (Å²) in [6.07, 6.45) is 12.5. The van der Waals surface area contributed by atoms with Crippen LogP contribution in [0, 0.1) is 57.2 Å². The lowest BCUT2D eigenvalue weighted by Gasteiger charge is -2.69. The lowest BCUT2D eigenvalue weighted by atomic mass is 9.36. The van der Waals surface area contributed by atoms with Crippen molar-refractivity contribution in [3.05, 3.63) is 0 Å². The minimum absolute atomic E-state index is 0.000198. The number of rotatable bonds is 1. The smallest absolute Gasteiger partial charge is 0.311 e. The second-order valence-corrected chi connectivity index (χ2v) is 16.9. The van der Waals surface area contributed by atoms with Gasteiger partial charge in [0.2, 0.25) is 5.79 Å². The Hall–Kier alpha value is -0.610. The molecule has 6 fully saturated rings. The average molecular weight is 529 g/mol. The normalized spacial score (nSPS) is 55.9. The van der Waals surface area contributed by atoms with E-state index in [2.05, 4.69) is 55.4 Å². The van der Waals surface area contributed by atoms with Gasteiger partial charge in [0.05, 0.1) is 18.1 Å². The first-order chi connectivity index (χ1) is 17.6. The summed E-state index contributed by atoms with van der Waals surface area (Å²) in [7, 11) is 0. The number of aliphatic hydroxyl groups excluding tert-OH is 1. The van der Waals surface area contributed by atoms with Gasteiger partial charge in [-0.2, -0.15) is 0 Å². The molecule has 6 rings (SSSR count).